The van der Waals surface area contributed by atoms with Gasteiger partial charge in [0.2, 0.25) is 0 Å². The van der Waals surface area contributed by atoms with Crippen molar-refractivity contribution in [2.45, 2.75) is 30.8 Å². The lowest BCUT2D eigenvalue weighted by atomic mass is 9.83. The third kappa shape index (κ3) is 1.85. The Bertz CT molecular complexity index is 346. The van der Waals surface area contributed by atoms with E-state index in [1.165, 1.54) is 5.69 Å². The van der Waals surface area contributed by atoms with Crippen LogP contribution in [0.3, 0.4) is 0 Å². The summed E-state index contributed by atoms with van der Waals surface area (Å²) >= 11 is 0. The largest absolute Gasteiger partial charge is 0.378 e. The van der Waals surface area contributed by atoms with Gasteiger partial charge in [-0.3, -0.25) is 4.98 Å². The van der Waals surface area contributed by atoms with Gasteiger partial charge in [-0.1, -0.05) is 6.07 Å². The van der Waals surface area contributed by atoms with Crippen molar-refractivity contribution in [2.24, 2.45) is 0 Å². The highest BCUT2D eigenvalue weighted by Crippen LogP contribution is 2.39. The normalized spacial score (nSPS) is 34.4. The highest BCUT2D eigenvalue weighted by Gasteiger charge is 2.41. The fraction of sp³-hybridized carbons (Fsp3) is 0.615. The van der Waals surface area contributed by atoms with Crippen LogP contribution in [0.2, 0.25) is 0 Å². The van der Waals surface area contributed by atoms with E-state index in [0.717, 1.165) is 39.1 Å². The maximum atomic E-state index is 5.93. The van der Waals surface area contributed by atoms with Gasteiger partial charge in [-0.15, -0.1) is 0 Å². The van der Waals surface area contributed by atoms with Crippen LogP contribution in [-0.4, -0.2) is 30.4 Å². The number of aromatic nitrogens is 1. The van der Waals surface area contributed by atoms with E-state index in [4.69, 9.17) is 9.47 Å². The Kier molecular flexibility index (Phi) is 2.65. The van der Waals surface area contributed by atoms with E-state index in [9.17, 15) is 0 Å². The minimum absolute atomic E-state index is 0.0135. The summed E-state index contributed by atoms with van der Waals surface area (Å²) in [5.41, 5.74) is 1.19. The Morgan fingerprint density at radius 3 is 3.06 bits per heavy atom. The SMILES string of the molecule is c1ccc([C@@H]2CCO[C@]3(CCOC3)C2)nc1. The summed E-state index contributed by atoms with van der Waals surface area (Å²) in [4.78, 5) is 4.46. The van der Waals surface area contributed by atoms with Crippen molar-refractivity contribution in [1.29, 1.82) is 0 Å². The Morgan fingerprint density at radius 2 is 2.31 bits per heavy atom. The van der Waals surface area contributed by atoms with Crippen molar-refractivity contribution in [1.82, 2.24) is 4.98 Å². The summed E-state index contributed by atoms with van der Waals surface area (Å²) in [6, 6.07) is 6.16. The summed E-state index contributed by atoms with van der Waals surface area (Å²) < 4.78 is 11.4. The van der Waals surface area contributed by atoms with Crippen molar-refractivity contribution in [2.75, 3.05) is 19.8 Å². The van der Waals surface area contributed by atoms with Crippen LogP contribution in [0.1, 0.15) is 30.9 Å². The molecule has 0 amide bonds. The fourth-order valence-corrected chi connectivity index (χ4v) is 2.76. The van der Waals surface area contributed by atoms with Crippen molar-refractivity contribution in [3.05, 3.63) is 30.1 Å². The lowest BCUT2D eigenvalue weighted by molar-refractivity contribution is -0.0868. The molecule has 0 unspecified atom stereocenters. The van der Waals surface area contributed by atoms with Crippen LogP contribution in [0, 0.1) is 0 Å². The van der Waals surface area contributed by atoms with Crippen molar-refractivity contribution in [3.63, 3.8) is 0 Å². The molecule has 1 aromatic rings. The second kappa shape index (κ2) is 4.15. The molecule has 0 saturated carbocycles. The van der Waals surface area contributed by atoms with E-state index in [2.05, 4.69) is 17.1 Å². The minimum atomic E-state index is -0.0135. The first-order chi connectivity index (χ1) is 7.88. The average molecular weight is 219 g/mol. The number of pyridine rings is 1. The maximum absolute atomic E-state index is 5.93. The molecule has 3 nitrogen and oxygen atoms in total. The number of hydrogen-bond donors (Lipinski definition) is 0. The molecule has 16 heavy (non-hydrogen) atoms. The molecule has 2 aliphatic heterocycles. The van der Waals surface area contributed by atoms with Crippen LogP contribution in [0.15, 0.2) is 24.4 Å². The van der Waals surface area contributed by atoms with Crippen molar-refractivity contribution >= 4 is 0 Å². The van der Waals surface area contributed by atoms with Crippen molar-refractivity contribution < 1.29 is 9.47 Å². The summed E-state index contributed by atoms with van der Waals surface area (Å²) in [5, 5.41) is 0. The molecule has 1 spiro atoms. The first kappa shape index (κ1) is 10.2. The molecule has 2 saturated heterocycles. The molecule has 3 rings (SSSR count). The predicted octanol–water partition coefficient (Wildman–Crippen LogP) is 2.13. The Morgan fingerprint density at radius 1 is 1.31 bits per heavy atom. The van der Waals surface area contributed by atoms with Gasteiger partial charge in [0, 0.05) is 37.4 Å². The lowest BCUT2D eigenvalue weighted by Gasteiger charge is -2.36. The third-order valence-corrected chi connectivity index (χ3v) is 3.67. The highest BCUT2D eigenvalue weighted by atomic mass is 16.6. The van der Waals surface area contributed by atoms with Crippen LogP contribution < -0.4 is 0 Å². The van der Waals surface area contributed by atoms with Crippen LogP contribution >= 0.6 is 0 Å². The quantitative estimate of drug-likeness (QED) is 0.725. The zero-order valence-electron chi connectivity index (χ0n) is 9.39. The molecule has 0 bridgehead atoms. The second-order valence-corrected chi connectivity index (χ2v) is 4.78. The van der Waals surface area contributed by atoms with Gasteiger partial charge in [0.25, 0.3) is 0 Å². The molecule has 0 aliphatic carbocycles. The summed E-state index contributed by atoms with van der Waals surface area (Å²) in [5.74, 6) is 0.539. The van der Waals surface area contributed by atoms with Gasteiger partial charge in [0.15, 0.2) is 0 Å². The predicted molar refractivity (Wildman–Crippen MR) is 60.3 cm³/mol. The molecule has 86 valence electrons. The summed E-state index contributed by atoms with van der Waals surface area (Å²) in [6.45, 7) is 2.44. The summed E-state index contributed by atoms with van der Waals surface area (Å²) in [7, 11) is 0. The molecule has 0 radical (unpaired) electrons. The molecule has 2 aliphatic rings. The fourth-order valence-electron chi connectivity index (χ4n) is 2.76. The molecule has 3 heterocycles. The van der Waals surface area contributed by atoms with E-state index in [1.807, 2.05) is 12.3 Å². The standard InChI is InChI=1S/C13H17NO2/c1-2-6-14-12(3-1)11-4-7-16-13(9-11)5-8-15-10-13/h1-3,6,11H,4-5,7-10H2/t11-,13-/m1/s1. The Labute approximate surface area is 95.8 Å². The molecular weight excluding hydrogens is 202 g/mol. The summed E-state index contributed by atoms with van der Waals surface area (Å²) in [6.07, 6.45) is 5.06. The maximum Gasteiger partial charge on any atom is 0.0943 e. The molecule has 3 heteroatoms. The van der Waals surface area contributed by atoms with Gasteiger partial charge in [-0.25, -0.2) is 0 Å². The molecule has 2 fully saturated rings. The van der Waals surface area contributed by atoms with Crippen LogP contribution in [0.4, 0.5) is 0 Å². The van der Waals surface area contributed by atoms with Crippen LogP contribution in [0.25, 0.3) is 0 Å². The molecule has 1 aromatic heterocycles. The van der Waals surface area contributed by atoms with Crippen molar-refractivity contribution in [3.8, 4) is 0 Å². The topological polar surface area (TPSA) is 31.4 Å². The Hall–Kier alpha value is -0.930. The number of ether oxygens (including phenoxy) is 2. The lowest BCUT2D eigenvalue weighted by Crippen LogP contribution is -2.39. The molecule has 0 aromatic carbocycles. The average Bonchev–Trinajstić information content (AvgIpc) is 2.78. The van der Waals surface area contributed by atoms with E-state index < -0.39 is 0 Å². The van der Waals surface area contributed by atoms with Gasteiger partial charge >= 0.3 is 0 Å². The molecule has 2 atom stereocenters. The van der Waals surface area contributed by atoms with Gasteiger partial charge in [0.05, 0.1) is 12.2 Å². The van der Waals surface area contributed by atoms with Gasteiger partial charge in [-0.2, -0.15) is 0 Å². The van der Waals surface area contributed by atoms with Crippen LogP contribution in [-0.2, 0) is 9.47 Å². The van der Waals surface area contributed by atoms with E-state index in [-0.39, 0.29) is 5.60 Å². The molecule has 0 N–H and O–H groups in total. The third-order valence-electron chi connectivity index (χ3n) is 3.67. The number of nitrogens with zero attached hydrogens (tertiary/aromatic N) is 1. The minimum Gasteiger partial charge on any atom is -0.378 e. The number of hydrogen-bond acceptors (Lipinski definition) is 3. The van der Waals surface area contributed by atoms with Crippen LogP contribution in [0.5, 0.6) is 0 Å². The monoisotopic (exact) mass is 219 g/mol. The Balaban J connectivity index is 1.77. The van der Waals surface area contributed by atoms with Gasteiger partial charge < -0.3 is 9.47 Å². The smallest absolute Gasteiger partial charge is 0.0943 e. The van der Waals surface area contributed by atoms with Gasteiger partial charge in [-0.05, 0) is 25.0 Å². The highest BCUT2D eigenvalue weighted by molar-refractivity contribution is 5.12. The van der Waals surface area contributed by atoms with Gasteiger partial charge in [0.1, 0.15) is 0 Å². The second-order valence-electron chi connectivity index (χ2n) is 4.78. The van der Waals surface area contributed by atoms with E-state index in [1.54, 1.807) is 0 Å². The zero-order valence-corrected chi connectivity index (χ0v) is 9.39. The first-order valence-electron chi connectivity index (χ1n) is 6.01. The van der Waals surface area contributed by atoms with E-state index >= 15 is 0 Å². The number of rotatable bonds is 1. The van der Waals surface area contributed by atoms with E-state index in [0.29, 0.717) is 5.92 Å². The molecular formula is C13H17NO2. The zero-order chi connectivity index (χ0) is 10.8. The first-order valence-corrected chi connectivity index (χ1v) is 6.01.